The number of non-ortho nitro benzene ring substituents is 1. The maximum Gasteiger partial charge on any atom is 0.355 e. The number of amides is 1. The summed E-state index contributed by atoms with van der Waals surface area (Å²) in [5.74, 6) is -0.673. The number of aromatic nitrogens is 2. The predicted molar refractivity (Wildman–Crippen MR) is 151 cm³/mol. The quantitative estimate of drug-likeness (QED) is 0.229. The number of benzene rings is 3. The van der Waals surface area contributed by atoms with E-state index in [0.29, 0.717) is 26.2 Å². The summed E-state index contributed by atoms with van der Waals surface area (Å²) in [5, 5.41) is 23.0. The first kappa shape index (κ1) is 27.1. The summed E-state index contributed by atoms with van der Waals surface area (Å²) in [4.78, 5) is 46.7. The highest BCUT2D eigenvalue weighted by Crippen LogP contribution is 2.34. The number of nitro groups is 2. The Bertz CT molecular complexity index is 1490. The van der Waals surface area contributed by atoms with Gasteiger partial charge in [-0.1, -0.05) is 60.7 Å². The Morgan fingerprint density at radius 3 is 1.90 bits per heavy atom. The van der Waals surface area contributed by atoms with Gasteiger partial charge in [-0.25, -0.2) is 9.97 Å². The normalized spacial score (nSPS) is 13.5. The van der Waals surface area contributed by atoms with E-state index in [4.69, 9.17) is 0 Å². The molecular weight excluding hydrogens is 528 g/mol. The monoisotopic (exact) mass is 554 g/mol. The number of rotatable bonds is 9. The van der Waals surface area contributed by atoms with Gasteiger partial charge in [-0.15, -0.1) is 0 Å². The molecule has 2 N–H and O–H groups in total. The molecule has 1 aromatic heterocycles. The Balaban J connectivity index is 1.31. The molecule has 3 aromatic carbocycles. The molecule has 0 unspecified atom stereocenters. The zero-order chi connectivity index (χ0) is 28.8. The number of nitrogens with zero attached hydrogens (tertiary/aromatic N) is 6. The molecule has 1 saturated heterocycles. The second-order valence-electron chi connectivity index (χ2n) is 9.28. The molecule has 0 radical (unpaired) electrons. The van der Waals surface area contributed by atoms with Crippen molar-refractivity contribution in [3.8, 4) is 0 Å². The fraction of sp³-hybridized carbons (Fsp3) is 0.179. The first-order valence-corrected chi connectivity index (χ1v) is 12.8. The topological polar surface area (TPSA) is 160 Å². The van der Waals surface area contributed by atoms with Gasteiger partial charge in [0.1, 0.15) is 6.33 Å². The Morgan fingerprint density at radius 2 is 1.37 bits per heavy atom. The smallest absolute Gasteiger partial charge is 0.348 e. The molecular formula is C28H26N8O5. The number of nitrogens with one attached hydrogen (secondary N) is 2. The molecule has 0 saturated carbocycles. The first-order valence-electron chi connectivity index (χ1n) is 12.8. The van der Waals surface area contributed by atoms with E-state index in [9.17, 15) is 25.0 Å². The summed E-state index contributed by atoms with van der Waals surface area (Å²) in [6.45, 7) is 2.25. The van der Waals surface area contributed by atoms with Gasteiger partial charge in [-0.05, 0) is 23.3 Å². The lowest BCUT2D eigenvalue weighted by molar-refractivity contribution is -0.384. The van der Waals surface area contributed by atoms with E-state index < -0.39 is 15.8 Å². The Morgan fingerprint density at radius 1 is 0.780 bits per heavy atom. The largest absolute Gasteiger partial charge is 0.355 e. The van der Waals surface area contributed by atoms with Crippen molar-refractivity contribution in [2.24, 2.45) is 0 Å². The number of piperazine rings is 1. The number of anilines is 2. The van der Waals surface area contributed by atoms with Crippen LogP contribution in [0.4, 0.5) is 23.0 Å². The fourth-order valence-electron chi connectivity index (χ4n) is 4.86. The minimum atomic E-state index is -0.643. The zero-order valence-corrected chi connectivity index (χ0v) is 21.8. The number of carbonyl (C=O) groups is 1. The Kier molecular flexibility index (Phi) is 8.06. The molecule has 4 aromatic rings. The van der Waals surface area contributed by atoms with Crippen molar-refractivity contribution in [3.63, 3.8) is 0 Å². The summed E-state index contributed by atoms with van der Waals surface area (Å²) in [6.07, 6.45) is 1.20. The van der Waals surface area contributed by atoms with E-state index in [1.54, 1.807) is 0 Å². The van der Waals surface area contributed by atoms with Crippen LogP contribution in [0.3, 0.4) is 0 Å². The molecule has 13 heteroatoms. The Hall–Kier alpha value is -5.43. The molecule has 1 fully saturated rings. The standard InChI is InChI=1S/C28H26N8O5/c37-28(22-11-13-23(14-12-22)35(38)39)32-31-26-25(36(40)41)27(30-19-29-26)34-17-15-33(16-18-34)24(20-7-3-1-4-8-20)21-9-5-2-6-10-21/h1-14,19,24H,15-18H2,(H,32,37)(H,29,30,31). The van der Waals surface area contributed by atoms with Crippen LogP contribution in [0.2, 0.25) is 0 Å². The SMILES string of the molecule is O=C(NNc1ncnc(N2CCN(C(c3ccccc3)c3ccccc3)CC2)c1[N+](=O)[O-])c1ccc([N+](=O)[O-])cc1. The van der Waals surface area contributed by atoms with Crippen molar-refractivity contribution in [2.75, 3.05) is 36.5 Å². The van der Waals surface area contributed by atoms with Crippen molar-refractivity contribution in [3.05, 3.63) is 128 Å². The maximum absolute atomic E-state index is 12.5. The molecule has 0 spiro atoms. The van der Waals surface area contributed by atoms with Gasteiger partial charge in [0.2, 0.25) is 11.6 Å². The average Bonchev–Trinajstić information content (AvgIpc) is 3.01. The van der Waals surface area contributed by atoms with Crippen molar-refractivity contribution in [1.82, 2.24) is 20.3 Å². The molecule has 5 rings (SSSR count). The van der Waals surface area contributed by atoms with Gasteiger partial charge in [0, 0.05) is 43.9 Å². The number of nitro benzene ring substituents is 1. The summed E-state index contributed by atoms with van der Waals surface area (Å²) < 4.78 is 0. The number of hydrogen-bond donors (Lipinski definition) is 2. The lowest BCUT2D eigenvalue weighted by Gasteiger charge is -2.40. The van der Waals surface area contributed by atoms with Crippen molar-refractivity contribution >= 4 is 28.9 Å². The van der Waals surface area contributed by atoms with Crippen LogP contribution >= 0.6 is 0 Å². The number of hydrazine groups is 1. The molecule has 1 amide bonds. The number of carbonyl (C=O) groups excluding carboxylic acids is 1. The van der Waals surface area contributed by atoms with Crippen molar-refractivity contribution in [2.45, 2.75) is 6.04 Å². The summed E-state index contributed by atoms with van der Waals surface area (Å²) in [6, 6.07) is 25.4. The van der Waals surface area contributed by atoms with Crippen LogP contribution in [0.1, 0.15) is 27.5 Å². The molecule has 41 heavy (non-hydrogen) atoms. The third-order valence-electron chi connectivity index (χ3n) is 6.83. The van der Waals surface area contributed by atoms with Gasteiger partial charge < -0.3 is 4.90 Å². The molecule has 0 bridgehead atoms. The van der Waals surface area contributed by atoms with E-state index in [0.717, 1.165) is 11.1 Å². The number of hydrogen-bond acceptors (Lipinski definition) is 10. The van der Waals surface area contributed by atoms with E-state index >= 15 is 0 Å². The van der Waals surface area contributed by atoms with Gasteiger partial charge in [-0.3, -0.25) is 40.8 Å². The maximum atomic E-state index is 12.5. The summed E-state index contributed by atoms with van der Waals surface area (Å²) in [7, 11) is 0. The van der Waals surface area contributed by atoms with Gasteiger partial charge in [0.25, 0.3) is 11.6 Å². The molecule has 208 valence electrons. The molecule has 13 nitrogen and oxygen atoms in total. The fourth-order valence-corrected chi connectivity index (χ4v) is 4.86. The van der Waals surface area contributed by atoms with Crippen LogP contribution < -0.4 is 15.8 Å². The highest BCUT2D eigenvalue weighted by atomic mass is 16.6. The van der Waals surface area contributed by atoms with Gasteiger partial charge in [-0.2, -0.15) is 0 Å². The van der Waals surface area contributed by atoms with Crippen LogP contribution in [0.25, 0.3) is 0 Å². The lowest BCUT2D eigenvalue weighted by atomic mass is 9.96. The molecule has 1 aliphatic heterocycles. The zero-order valence-electron chi connectivity index (χ0n) is 21.8. The van der Waals surface area contributed by atoms with Crippen LogP contribution in [0.5, 0.6) is 0 Å². The molecule has 2 heterocycles. The van der Waals surface area contributed by atoms with Crippen molar-refractivity contribution < 1.29 is 14.6 Å². The molecule has 1 aliphatic rings. The molecule has 0 aliphatic carbocycles. The van der Waals surface area contributed by atoms with Crippen LogP contribution in [-0.2, 0) is 0 Å². The second-order valence-corrected chi connectivity index (χ2v) is 9.28. The van der Waals surface area contributed by atoms with Gasteiger partial charge in [0.05, 0.1) is 15.9 Å². The van der Waals surface area contributed by atoms with Crippen molar-refractivity contribution in [1.29, 1.82) is 0 Å². The summed E-state index contributed by atoms with van der Waals surface area (Å²) >= 11 is 0. The van der Waals surface area contributed by atoms with Gasteiger partial charge in [0.15, 0.2) is 0 Å². The van der Waals surface area contributed by atoms with E-state index in [-0.39, 0.29) is 34.6 Å². The van der Waals surface area contributed by atoms with Crippen LogP contribution in [0.15, 0.2) is 91.3 Å². The van der Waals surface area contributed by atoms with Gasteiger partial charge >= 0.3 is 5.69 Å². The average molecular weight is 555 g/mol. The third-order valence-corrected chi connectivity index (χ3v) is 6.83. The lowest BCUT2D eigenvalue weighted by Crippen LogP contribution is -2.48. The third kappa shape index (κ3) is 6.09. The Labute approximate surface area is 234 Å². The minimum absolute atomic E-state index is 0.0341. The highest BCUT2D eigenvalue weighted by molar-refractivity contribution is 5.95. The van der Waals surface area contributed by atoms with Crippen LogP contribution in [0, 0.1) is 20.2 Å². The minimum Gasteiger partial charge on any atom is -0.348 e. The first-order chi connectivity index (χ1) is 19.9. The van der Waals surface area contributed by atoms with E-state index in [2.05, 4.69) is 50.0 Å². The predicted octanol–water partition coefficient (Wildman–Crippen LogP) is 3.96. The highest BCUT2D eigenvalue weighted by Gasteiger charge is 2.32. The molecule has 0 atom stereocenters. The van der Waals surface area contributed by atoms with Crippen LogP contribution in [-0.4, -0.2) is 56.8 Å². The summed E-state index contributed by atoms with van der Waals surface area (Å²) in [5.41, 5.74) is 6.81. The van der Waals surface area contributed by atoms with E-state index in [1.165, 1.54) is 30.6 Å². The second kappa shape index (κ2) is 12.2. The van der Waals surface area contributed by atoms with E-state index in [1.807, 2.05) is 41.3 Å².